The van der Waals surface area contributed by atoms with Crippen molar-refractivity contribution in [1.82, 2.24) is 9.88 Å². The quantitative estimate of drug-likeness (QED) is 0.867. The number of pyridine rings is 1. The summed E-state index contributed by atoms with van der Waals surface area (Å²) in [4.78, 5) is 18.9. The summed E-state index contributed by atoms with van der Waals surface area (Å²) >= 11 is 1.47. The van der Waals surface area contributed by atoms with Crippen LogP contribution < -0.4 is 0 Å². The Morgan fingerprint density at radius 2 is 2.00 bits per heavy atom. The molecule has 0 radical (unpaired) electrons. The monoisotopic (exact) mass is 298 g/mol. The van der Waals surface area contributed by atoms with Crippen LogP contribution in [0.5, 0.6) is 0 Å². The highest BCUT2D eigenvalue weighted by Crippen LogP contribution is 2.26. The first-order valence-electron chi connectivity index (χ1n) is 7.19. The second kappa shape index (κ2) is 6.87. The van der Waals surface area contributed by atoms with E-state index < -0.39 is 0 Å². The first kappa shape index (κ1) is 14.3. The van der Waals surface area contributed by atoms with E-state index in [1.807, 2.05) is 48.7 Å². The van der Waals surface area contributed by atoms with E-state index in [9.17, 15) is 4.79 Å². The molecule has 3 nitrogen and oxygen atoms in total. The molecule has 0 spiro atoms. The van der Waals surface area contributed by atoms with Crippen molar-refractivity contribution in [3.8, 4) is 0 Å². The number of carbonyl (C=O) groups excluding carboxylic acids is 1. The molecule has 1 aromatic carbocycles. The lowest BCUT2D eigenvalue weighted by Crippen LogP contribution is -2.21. The van der Waals surface area contributed by atoms with E-state index in [-0.39, 0.29) is 5.12 Å². The van der Waals surface area contributed by atoms with Crippen LogP contribution in [-0.4, -0.2) is 33.3 Å². The highest BCUT2D eigenvalue weighted by molar-refractivity contribution is 8.14. The second-order valence-corrected chi connectivity index (χ2v) is 6.51. The third kappa shape index (κ3) is 3.93. The van der Waals surface area contributed by atoms with Crippen molar-refractivity contribution in [3.05, 3.63) is 66.0 Å². The molecular weight excluding hydrogens is 280 g/mol. The van der Waals surface area contributed by atoms with Crippen molar-refractivity contribution >= 4 is 16.9 Å². The van der Waals surface area contributed by atoms with E-state index >= 15 is 0 Å². The third-order valence-corrected chi connectivity index (χ3v) is 4.79. The number of aromatic nitrogens is 1. The topological polar surface area (TPSA) is 33.2 Å². The summed E-state index contributed by atoms with van der Waals surface area (Å²) in [5.41, 5.74) is 1.89. The molecule has 3 rings (SSSR count). The Kier molecular flexibility index (Phi) is 4.68. The SMILES string of the molecule is O=C(S[C@H]1CCN(Cc2ccccn2)C1)c1ccccc1. The van der Waals surface area contributed by atoms with Crippen LogP contribution >= 0.6 is 11.8 Å². The van der Waals surface area contributed by atoms with Crippen molar-refractivity contribution in [2.75, 3.05) is 13.1 Å². The van der Waals surface area contributed by atoms with Gasteiger partial charge in [0, 0.05) is 30.1 Å². The van der Waals surface area contributed by atoms with Gasteiger partial charge in [-0.05, 0) is 25.1 Å². The lowest BCUT2D eigenvalue weighted by atomic mass is 10.2. The molecule has 0 N–H and O–H groups in total. The summed E-state index contributed by atoms with van der Waals surface area (Å²) in [6.07, 6.45) is 2.90. The Morgan fingerprint density at radius 3 is 2.76 bits per heavy atom. The van der Waals surface area contributed by atoms with Gasteiger partial charge in [0.2, 0.25) is 5.12 Å². The Bertz CT molecular complexity index is 588. The van der Waals surface area contributed by atoms with Crippen LogP contribution in [0, 0.1) is 0 Å². The van der Waals surface area contributed by atoms with E-state index in [0.29, 0.717) is 5.25 Å². The maximum atomic E-state index is 12.2. The average molecular weight is 298 g/mol. The first-order chi connectivity index (χ1) is 10.3. The predicted molar refractivity (Wildman–Crippen MR) is 86.3 cm³/mol. The number of carbonyl (C=O) groups is 1. The second-order valence-electron chi connectivity index (χ2n) is 5.24. The van der Waals surface area contributed by atoms with E-state index in [4.69, 9.17) is 0 Å². The molecule has 1 aliphatic heterocycles. The molecule has 1 atom stereocenters. The lowest BCUT2D eigenvalue weighted by Gasteiger charge is -2.14. The highest BCUT2D eigenvalue weighted by atomic mass is 32.2. The molecule has 0 saturated carbocycles. The Balaban J connectivity index is 1.52. The molecule has 2 heterocycles. The number of hydrogen-bond acceptors (Lipinski definition) is 4. The van der Waals surface area contributed by atoms with Gasteiger partial charge in [-0.15, -0.1) is 0 Å². The summed E-state index contributed by atoms with van der Waals surface area (Å²) in [7, 11) is 0. The van der Waals surface area contributed by atoms with Crippen LogP contribution in [0.3, 0.4) is 0 Å². The summed E-state index contributed by atoms with van der Waals surface area (Å²) in [5, 5.41) is 0.571. The molecule has 0 amide bonds. The van der Waals surface area contributed by atoms with Crippen LogP contribution in [0.4, 0.5) is 0 Å². The molecule has 1 saturated heterocycles. The molecule has 0 bridgehead atoms. The normalized spacial score (nSPS) is 18.8. The minimum atomic E-state index is 0.181. The Hall–Kier alpha value is -1.65. The van der Waals surface area contributed by atoms with Crippen LogP contribution in [0.25, 0.3) is 0 Å². The fourth-order valence-electron chi connectivity index (χ4n) is 2.55. The molecule has 21 heavy (non-hydrogen) atoms. The number of likely N-dealkylation sites (tertiary alicyclic amines) is 1. The number of thioether (sulfide) groups is 1. The summed E-state index contributed by atoms with van der Waals surface area (Å²) < 4.78 is 0. The van der Waals surface area contributed by atoms with Gasteiger partial charge in [0.25, 0.3) is 0 Å². The van der Waals surface area contributed by atoms with Crippen LogP contribution in [0.2, 0.25) is 0 Å². The van der Waals surface area contributed by atoms with Crippen LogP contribution in [0.15, 0.2) is 54.7 Å². The van der Waals surface area contributed by atoms with Crippen LogP contribution in [0.1, 0.15) is 22.5 Å². The summed E-state index contributed by atoms with van der Waals surface area (Å²) in [6, 6.07) is 15.5. The minimum absolute atomic E-state index is 0.181. The molecule has 1 fully saturated rings. The van der Waals surface area contributed by atoms with E-state index in [2.05, 4.69) is 16.0 Å². The molecule has 0 unspecified atom stereocenters. The van der Waals surface area contributed by atoms with E-state index in [1.165, 1.54) is 11.8 Å². The highest BCUT2D eigenvalue weighted by Gasteiger charge is 2.25. The average Bonchev–Trinajstić information content (AvgIpc) is 2.96. The Labute approximate surface area is 129 Å². The van der Waals surface area contributed by atoms with Gasteiger partial charge in [-0.1, -0.05) is 48.2 Å². The van der Waals surface area contributed by atoms with Crippen LogP contribution in [-0.2, 0) is 6.54 Å². The van der Waals surface area contributed by atoms with Crippen molar-refractivity contribution < 1.29 is 4.79 Å². The van der Waals surface area contributed by atoms with E-state index in [0.717, 1.165) is 37.3 Å². The summed E-state index contributed by atoms with van der Waals surface area (Å²) in [5.74, 6) is 0. The number of hydrogen-bond donors (Lipinski definition) is 0. The third-order valence-electron chi connectivity index (χ3n) is 3.62. The van der Waals surface area contributed by atoms with Gasteiger partial charge in [0.15, 0.2) is 0 Å². The fourth-order valence-corrected chi connectivity index (χ4v) is 3.63. The molecular formula is C17H18N2OS. The molecule has 1 aliphatic rings. The smallest absolute Gasteiger partial charge is 0.219 e. The van der Waals surface area contributed by atoms with Crippen molar-refractivity contribution in [3.63, 3.8) is 0 Å². The van der Waals surface area contributed by atoms with Gasteiger partial charge in [-0.2, -0.15) is 0 Å². The first-order valence-corrected chi connectivity index (χ1v) is 8.07. The molecule has 108 valence electrons. The van der Waals surface area contributed by atoms with Crippen molar-refractivity contribution in [1.29, 1.82) is 0 Å². The van der Waals surface area contributed by atoms with Crippen molar-refractivity contribution in [2.24, 2.45) is 0 Å². The molecule has 0 aliphatic carbocycles. The van der Waals surface area contributed by atoms with E-state index in [1.54, 1.807) is 0 Å². The lowest BCUT2D eigenvalue weighted by molar-refractivity contribution is 0.108. The standard InChI is InChI=1S/C17H18N2OS/c20-17(14-6-2-1-3-7-14)21-16-9-11-19(13-16)12-15-8-4-5-10-18-15/h1-8,10,16H,9,11-13H2/t16-/m0/s1. The minimum Gasteiger partial charge on any atom is -0.296 e. The molecule has 4 heteroatoms. The maximum Gasteiger partial charge on any atom is 0.219 e. The Morgan fingerprint density at radius 1 is 1.19 bits per heavy atom. The zero-order chi connectivity index (χ0) is 14.5. The molecule has 1 aromatic heterocycles. The van der Waals surface area contributed by atoms with Gasteiger partial charge in [-0.25, -0.2) is 0 Å². The van der Waals surface area contributed by atoms with Gasteiger partial charge in [0.1, 0.15) is 0 Å². The van der Waals surface area contributed by atoms with Gasteiger partial charge in [-0.3, -0.25) is 14.7 Å². The number of rotatable bonds is 4. The predicted octanol–water partition coefficient (Wildman–Crippen LogP) is 3.23. The van der Waals surface area contributed by atoms with Gasteiger partial charge < -0.3 is 0 Å². The zero-order valence-electron chi connectivity index (χ0n) is 11.8. The molecule has 2 aromatic rings. The zero-order valence-corrected chi connectivity index (χ0v) is 12.6. The maximum absolute atomic E-state index is 12.2. The van der Waals surface area contributed by atoms with Gasteiger partial charge in [0.05, 0.1) is 5.69 Å². The largest absolute Gasteiger partial charge is 0.296 e. The fraction of sp³-hybridized carbons (Fsp3) is 0.294. The number of nitrogens with zero attached hydrogens (tertiary/aromatic N) is 2. The van der Waals surface area contributed by atoms with Crippen molar-refractivity contribution in [2.45, 2.75) is 18.2 Å². The summed E-state index contributed by atoms with van der Waals surface area (Å²) in [6.45, 7) is 2.87. The number of benzene rings is 1. The van der Waals surface area contributed by atoms with Gasteiger partial charge >= 0.3 is 0 Å².